The first-order valence-corrected chi connectivity index (χ1v) is 2.49. The molecule has 0 aliphatic rings. The van der Waals surface area contributed by atoms with Gasteiger partial charge in [-0.2, -0.15) is 0 Å². The fourth-order valence-electron chi connectivity index (χ4n) is 0.266. The molecule has 0 saturated heterocycles. The van der Waals surface area contributed by atoms with E-state index in [-0.39, 0.29) is 52.7 Å². The second-order valence-corrected chi connectivity index (χ2v) is 1.54. The van der Waals surface area contributed by atoms with Crippen LogP contribution in [0.5, 0.6) is 0 Å². The summed E-state index contributed by atoms with van der Waals surface area (Å²) >= 11 is 0. The van der Waals surface area contributed by atoms with E-state index in [1.54, 1.807) is 0 Å². The summed E-state index contributed by atoms with van der Waals surface area (Å²) in [4.78, 5) is 3.35. The summed E-state index contributed by atoms with van der Waals surface area (Å²) in [5, 5.41) is 9.99. The number of ether oxygens (including phenoxy) is 1. The molecule has 62 valence electrons. The quantitative estimate of drug-likeness (QED) is 0.391. The van der Waals surface area contributed by atoms with Crippen molar-refractivity contribution in [3.63, 3.8) is 0 Å². The number of methoxy groups -OCH3 is 1. The Morgan fingerprint density at radius 1 is 1.82 bits per heavy atom. The van der Waals surface area contributed by atoms with Crippen LogP contribution in [-0.2, 0) is 32.4 Å². The Morgan fingerprint density at radius 3 is 2.55 bits per heavy atom. The largest absolute Gasteiger partial charge is 1.00 e. The summed E-state index contributed by atoms with van der Waals surface area (Å²) in [5.41, 5.74) is 4.71. The third-order valence-electron chi connectivity index (χ3n) is 0.784. The van der Waals surface area contributed by atoms with E-state index in [0.29, 0.717) is 0 Å². The molecule has 0 aliphatic carbocycles. The number of halogens is 1. The minimum Gasteiger partial charge on any atom is -0.847 e. The Labute approximate surface area is 93.1 Å². The predicted molar refractivity (Wildman–Crippen MR) is 39.9 cm³/mol. The molecule has 0 spiro atoms. The van der Waals surface area contributed by atoms with Crippen molar-refractivity contribution in [2.24, 2.45) is 10.7 Å². The molecule has 2 N–H and O–H groups in total. The summed E-state index contributed by atoms with van der Waals surface area (Å²) in [5.74, 6) is 0. The fourth-order valence-corrected chi connectivity index (χ4v) is 0.266. The maximum absolute atomic E-state index is 9.99. The molecule has 1 unspecified atom stereocenters. The van der Waals surface area contributed by atoms with E-state index < -0.39 is 6.02 Å². The van der Waals surface area contributed by atoms with Crippen molar-refractivity contribution in [1.29, 1.82) is 0 Å². The minimum absolute atomic E-state index is 0. The Kier molecular flexibility index (Phi) is 16.6. The molecule has 2 radical (unpaired) electrons. The smallest absolute Gasteiger partial charge is 0.847 e. The number of amidine groups is 1. The Morgan fingerprint density at radius 2 is 2.27 bits per heavy atom. The monoisotopic (exact) mass is 370 g/mol. The predicted octanol–water partition coefficient (Wildman–Crippen LogP) is -1.07. The van der Waals surface area contributed by atoms with Gasteiger partial charge in [-0.1, -0.05) is 0 Å². The van der Waals surface area contributed by atoms with E-state index in [4.69, 9.17) is 5.73 Å². The Balaban J connectivity index is -0.000000320. The van der Waals surface area contributed by atoms with Crippen molar-refractivity contribution in [2.75, 3.05) is 13.7 Å². The van der Waals surface area contributed by atoms with E-state index in [0.717, 1.165) is 0 Å². The molecule has 0 saturated carbocycles. The van der Waals surface area contributed by atoms with E-state index in [1.807, 2.05) is 0 Å². The van der Waals surface area contributed by atoms with Crippen LogP contribution in [0.4, 0.5) is 0 Å². The first kappa shape index (κ1) is 17.5. The van der Waals surface area contributed by atoms with Gasteiger partial charge in [0.05, 0.1) is 12.6 Å². The van der Waals surface area contributed by atoms with Crippen molar-refractivity contribution in [3.05, 3.63) is 6.92 Å². The maximum Gasteiger partial charge on any atom is 1.00 e. The molecule has 6 heteroatoms. The summed E-state index contributed by atoms with van der Waals surface area (Å²) in [6.45, 7) is 3.73. The molecule has 1 atom stereocenters. The number of nitrogens with zero attached hydrogens (tertiary/aromatic N) is 1. The molecule has 4 nitrogen and oxygen atoms in total. The van der Waals surface area contributed by atoms with E-state index in [9.17, 15) is 5.11 Å². The third kappa shape index (κ3) is 13.4. The van der Waals surface area contributed by atoms with Gasteiger partial charge in [0.2, 0.25) is 0 Å². The molecule has 0 fully saturated rings. The normalized spacial score (nSPS) is 12.7. The summed E-state index contributed by atoms with van der Waals surface area (Å²) in [6.07, 6.45) is -0.280. The Hall–Kier alpha value is 0.455. The Bertz CT molecular complexity index is 109. The van der Waals surface area contributed by atoms with Crippen molar-refractivity contribution >= 4 is 18.4 Å². The van der Waals surface area contributed by atoms with Gasteiger partial charge in [0, 0.05) is 13.1 Å². The standard InChI is InChI=1S/C5H11N2O2.ClH.Hg/c1-4(9-2)3-7-5(6)8;;/h4H,1,3H2,2H3,(H3,6,7,8);1H;/q;;+1/p-1/i;;1+3. The van der Waals surface area contributed by atoms with Crippen molar-refractivity contribution < 1.29 is 37.5 Å². The zero-order chi connectivity index (χ0) is 7.28. The molecule has 0 amide bonds. The van der Waals surface area contributed by atoms with Crippen molar-refractivity contribution in [1.82, 2.24) is 0 Å². The fraction of sp³-hybridized carbons (Fsp3) is 0.600. The van der Waals surface area contributed by atoms with Gasteiger partial charge in [0.1, 0.15) is 0 Å². The van der Waals surface area contributed by atoms with Crippen LogP contribution in [0.15, 0.2) is 4.99 Å². The summed E-state index contributed by atoms with van der Waals surface area (Å²) < 4.78 is 4.69. The molecular weight excluding hydrogens is 359 g/mol. The molecule has 0 aromatic rings. The van der Waals surface area contributed by atoms with Gasteiger partial charge >= 0.3 is 27.7 Å². The van der Waals surface area contributed by atoms with Crippen LogP contribution in [0.2, 0.25) is 0 Å². The minimum atomic E-state index is -0.680. The van der Waals surface area contributed by atoms with Crippen molar-refractivity contribution in [3.8, 4) is 0 Å². The molecule has 0 aromatic carbocycles. The van der Waals surface area contributed by atoms with Crippen LogP contribution < -0.4 is 10.8 Å². The van der Waals surface area contributed by atoms with Gasteiger partial charge in [0.25, 0.3) is 0 Å². The van der Waals surface area contributed by atoms with Crippen LogP contribution in [-0.4, -0.2) is 25.8 Å². The van der Waals surface area contributed by atoms with Gasteiger partial charge in [-0.25, -0.2) is 0 Å². The van der Waals surface area contributed by atoms with Crippen LogP contribution >= 0.6 is 12.4 Å². The molecule has 0 aromatic heterocycles. The molecule has 0 bridgehead atoms. The zero-order valence-electron chi connectivity index (χ0n) is 6.45. The number of hydrogen-bond acceptors (Lipinski definition) is 3. The van der Waals surface area contributed by atoms with Crippen LogP contribution in [0.3, 0.4) is 0 Å². The van der Waals surface area contributed by atoms with Crippen molar-refractivity contribution in [2.45, 2.75) is 6.10 Å². The van der Waals surface area contributed by atoms with E-state index in [1.165, 1.54) is 7.11 Å². The number of nitrogens with two attached hydrogens (primary N) is 1. The van der Waals surface area contributed by atoms with Crippen LogP contribution in [0.1, 0.15) is 0 Å². The van der Waals surface area contributed by atoms with Gasteiger partial charge < -0.3 is 15.6 Å². The number of aliphatic imine (C=N–C) groups is 1. The molecule has 0 heterocycles. The SMILES string of the molecule is Cl.[204Hg+].[CH2]C(CN=C(N)[O-])OC. The summed E-state index contributed by atoms with van der Waals surface area (Å²) in [7, 11) is 1.49. The van der Waals surface area contributed by atoms with Gasteiger partial charge in [-0.3, -0.25) is 4.99 Å². The average Bonchev–Trinajstić information content (AvgIpc) is 1.83. The number of rotatable bonds is 3. The molecule has 0 rings (SSSR count). The maximum atomic E-state index is 9.99. The number of hydrogen-bond donors (Lipinski definition) is 1. The molecule has 11 heavy (non-hydrogen) atoms. The zero-order valence-corrected chi connectivity index (χ0v) is 12.8. The summed E-state index contributed by atoms with van der Waals surface area (Å²) in [6, 6.07) is -0.680. The average molecular weight is 371 g/mol. The second kappa shape index (κ2) is 10.5. The van der Waals surface area contributed by atoms with Gasteiger partial charge in [-0.15, -0.1) is 12.4 Å². The first-order chi connectivity index (χ1) is 4.16. The van der Waals surface area contributed by atoms with Gasteiger partial charge in [-0.05, 0) is 6.92 Å². The third-order valence-corrected chi connectivity index (χ3v) is 0.784. The van der Waals surface area contributed by atoms with E-state index in [2.05, 4.69) is 16.7 Å². The van der Waals surface area contributed by atoms with E-state index >= 15 is 0 Å². The van der Waals surface area contributed by atoms with Crippen LogP contribution in [0, 0.1) is 6.92 Å². The molecular formula is C5H11ClHgN2O2. The molecule has 0 aliphatic heterocycles. The van der Waals surface area contributed by atoms with Crippen LogP contribution in [0.25, 0.3) is 0 Å². The topological polar surface area (TPSA) is 70.7 Å². The first-order valence-electron chi connectivity index (χ1n) is 2.49. The van der Waals surface area contributed by atoms with Gasteiger partial charge in [0.15, 0.2) is 0 Å². The second-order valence-electron chi connectivity index (χ2n) is 1.54.